The van der Waals surface area contributed by atoms with E-state index >= 15 is 0 Å². The van der Waals surface area contributed by atoms with Crippen LogP contribution in [-0.4, -0.2) is 37.9 Å². The van der Waals surface area contributed by atoms with Crippen molar-refractivity contribution in [2.45, 2.75) is 31.3 Å². The molecule has 3 heterocycles. The van der Waals surface area contributed by atoms with Gasteiger partial charge in [0.25, 0.3) is 5.91 Å². The summed E-state index contributed by atoms with van der Waals surface area (Å²) in [5.41, 5.74) is 2.24. The molecule has 5 rings (SSSR count). The number of fused-ring (bicyclic) bond motifs is 1. The summed E-state index contributed by atoms with van der Waals surface area (Å²) in [6, 6.07) is 23.9. The van der Waals surface area contributed by atoms with Crippen molar-refractivity contribution in [2.75, 3.05) is 6.54 Å². The summed E-state index contributed by atoms with van der Waals surface area (Å²) in [6.45, 7) is 0.666. The fraction of sp³-hybridized carbons (Fsp3) is 0.231. The van der Waals surface area contributed by atoms with Gasteiger partial charge in [-0.1, -0.05) is 54.6 Å². The van der Waals surface area contributed by atoms with E-state index in [1.165, 1.54) is 0 Å². The molecule has 166 valence electrons. The highest BCUT2D eigenvalue weighted by Gasteiger charge is 2.34. The molecule has 7 nitrogen and oxygen atoms in total. The molecule has 1 aliphatic rings. The maximum Gasteiger partial charge on any atom is 0.251 e. The van der Waals surface area contributed by atoms with E-state index in [1.54, 1.807) is 12.1 Å². The Morgan fingerprint density at radius 2 is 1.67 bits per heavy atom. The van der Waals surface area contributed by atoms with Crippen LogP contribution in [0.5, 0.6) is 0 Å². The van der Waals surface area contributed by atoms with Crippen molar-refractivity contribution in [3.63, 3.8) is 0 Å². The maximum atomic E-state index is 13.5. The molecular weight excluding hydrogens is 414 g/mol. The van der Waals surface area contributed by atoms with Gasteiger partial charge in [0, 0.05) is 18.3 Å². The third kappa shape index (κ3) is 4.35. The molecular formula is C26H25N5O2. The van der Waals surface area contributed by atoms with E-state index in [-0.39, 0.29) is 24.3 Å². The molecule has 1 aliphatic heterocycles. The minimum Gasteiger partial charge on any atom is -0.345 e. The monoisotopic (exact) mass is 439 g/mol. The van der Waals surface area contributed by atoms with E-state index in [2.05, 4.69) is 15.5 Å². The molecule has 0 radical (unpaired) electrons. The molecule has 1 saturated heterocycles. The zero-order valence-electron chi connectivity index (χ0n) is 18.2. The molecule has 0 bridgehead atoms. The second kappa shape index (κ2) is 9.24. The minimum atomic E-state index is -0.428. The maximum absolute atomic E-state index is 13.5. The molecule has 33 heavy (non-hydrogen) atoms. The van der Waals surface area contributed by atoms with Crippen LogP contribution in [-0.2, 0) is 4.79 Å². The molecule has 0 unspecified atom stereocenters. The largest absolute Gasteiger partial charge is 0.345 e. The lowest BCUT2D eigenvalue weighted by Crippen LogP contribution is -2.36. The number of nitrogens with zero attached hydrogens (tertiary/aromatic N) is 4. The van der Waals surface area contributed by atoms with E-state index in [1.807, 2.05) is 82.2 Å². The first kappa shape index (κ1) is 20.9. The number of hydrogen-bond acceptors (Lipinski definition) is 4. The number of nitrogens with one attached hydrogen (secondary N) is 1. The summed E-state index contributed by atoms with van der Waals surface area (Å²) in [5.74, 6) is 0.576. The van der Waals surface area contributed by atoms with Crippen LogP contribution in [0.25, 0.3) is 5.65 Å². The Bertz CT molecular complexity index is 1260. The van der Waals surface area contributed by atoms with E-state index in [0.717, 1.165) is 29.9 Å². The number of hydrogen-bond donors (Lipinski definition) is 1. The number of amides is 2. The minimum absolute atomic E-state index is 0.00704. The van der Waals surface area contributed by atoms with E-state index in [9.17, 15) is 9.59 Å². The number of benzene rings is 2. The molecule has 4 aromatic rings. The van der Waals surface area contributed by atoms with E-state index in [4.69, 9.17) is 0 Å². The highest BCUT2D eigenvalue weighted by atomic mass is 16.2. The second-order valence-electron chi connectivity index (χ2n) is 8.24. The zero-order chi connectivity index (χ0) is 22.6. The Balaban J connectivity index is 1.38. The van der Waals surface area contributed by atoms with Crippen molar-refractivity contribution in [1.82, 2.24) is 24.8 Å². The van der Waals surface area contributed by atoms with Crippen molar-refractivity contribution in [1.29, 1.82) is 0 Å². The molecule has 2 amide bonds. The predicted molar refractivity (Wildman–Crippen MR) is 124 cm³/mol. The van der Waals surface area contributed by atoms with Crippen molar-refractivity contribution in [3.05, 3.63) is 102 Å². The standard InChI is InChI=1S/C26H25N5O2/c32-24(30-17-9-14-22(30)25-29-28-23-15-7-8-16-31(23)25)18-21(19-10-3-1-4-11-19)27-26(33)20-12-5-2-6-13-20/h1-8,10-13,15-16,21-22H,9,14,17-18H2,(H,27,33)/t21-,22-/m0/s1. The van der Waals surface area contributed by atoms with Gasteiger partial charge < -0.3 is 10.2 Å². The van der Waals surface area contributed by atoms with Gasteiger partial charge >= 0.3 is 0 Å². The van der Waals surface area contributed by atoms with Gasteiger partial charge in [0.2, 0.25) is 5.91 Å². The molecule has 0 spiro atoms. The summed E-state index contributed by atoms with van der Waals surface area (Å²) < 4.78 is 1.95. The van der Waals surface area contributed by atoms with Gasteiger partial charge in [-0.05, 0) is 42.7 Å². The zero-order valence-corrected chi connectivity index (χ0v) is 18.2. The number of carbonyl (C=O) groups is 2. The first-order valence-electron chi connectivity index (χ1n) is 11.2. The van der Waals surface area contributed by atoms with E-state index < -0.39 is 6.04 Å². The van der Waals surface area contributed by atoms with Gasteiger partial charge in [0.1, 0.15) is 0 Å². The van der Waals surface area contributed by atoms with Crippen LogP contribution in [0.3, 0.4) is 0 Å². The third-order valence-electron chi connectivity index (χ3n) is 6.13. The molecule has 1 N–H and O–H groups in total. The predicted octanol–water partition coefficient (Wildman–Crippen LogP) is 3.95. The Morgan fingerprint density at radius 1 is 0.939 bits per heavy atom. The number of carbonyl (C=O) groups excluding carboxylic acids is 2. The first-order chi connectivity index (χ1) is 16.2. The van der Waals surface area contributed by atoms with Crippen molar-refractivity contribution < 1.29 is 9.59 Å². The number of aromatic nitrogens is 3. The van der Waals surface area contributed by atoms with Crippen LogP contribution >= 0.6 is 0 Å². The van der Waals surface area contributed by atoms with Gasteiger partial charge in [-0.2, -0.15) is 0 Å². The molecule has 0 saturated carbocycles. The summed E-state index contributed by atoms with van der Waals surface area (Å²) in [4.78, 5) is 28.3. The normalized spacial score (nSPS) is 16.6. The topological polar surface area (TPSA) is 79.6 Å². The smallest absolute Gasteiger partial charge is 0.251 e. The van der Waals surface area contributed by atoms with Crippen molar-refractivity contribution >= 4 is 17.5 Å². The third-order valence-corrected chi connectivity index (χ3v) is 6.13. The quantitative estimate of drug-likeness (QED) is 0.493. The SMILES string of the molecule is O=C(N[C@@H](CC(=O)N1CCC[C@H]1c1nnc2ccccn12)c1ccccc1)c1ccccc1. The Hall–Kier alpha value is -4.00. The van der Waals surface area contributed by atoms with Gasteiger partial charge in [-0.25, -0.2) is 0 Å². The Kier molecular flexibility index (Phi) is 5.85. The lowest BCUT2D eigenvalue weighted by molar-refractivity contribution is -0.132. The van der Waals surface area contributed by atoms with Crippen molar-refractivity contribution in [3.8, 4) is 0 Å². The van der Waals surface area contributed by atoms with Gasteiger partial charge in [-0.15, -0.1) is 10.2 Å². The highest BCUT2D eigenvalue weighted by Crippen LogP contribution is 2.33. The highest BCUT2D eigenvalue weighted by molar-refractivity contribution is 5.94. The summed E-state index contributed by atoms with van der Waals surface area (Å²) >= 11 is 0. The van der Waals surface area contributed by atoms with Crippen LogP contribution in [0.15, 0.2) is 85.1 Å². The van der Waals surface area contributed by atoms with Crippen LogP contribution in [0, 0.1) is 0 Å². The Labute approximate surface area is 192 Å². The van der Waals surface area contributed by atoms with Crippen LogP contribution in [0.4, 0.5) is 0 Å². The lowest BCUT2D eigenvalue weighted by Gasteiger charge is -2.26. The van der Waals surface area contributed by atoms with Crippen LogP contribution in [0.1, 0.15) is 53.1 Å². The summed E-state index contributed by atoms with van der Waals surface area (Å²) in [7, 11) is 0. The lowest BCUT2D eigenvalue weighted by atomic mass is 10.0. The second-order valence-corrected chi connectivity index (χ2v) is 8.24. The van der Waals surface area contributed by atoms with Crippen LogP contribution < -0.4 is 5.32 Å². The van der Waals surface area contributed by atoms with Crippen molar-refractivity contribution in [2.24, 2.45) is 0 Å². The van der Waals surface area contributed by atoms with E-state index in [0.29, 0.717) is 12.1 Å². The molecule has 1 fully saturated rings. The van der Waals surface area contributed by atoms with Crippen LogP contribution in [0.2, 0.25) is 0 Å². The van der Waals surface area contributed by atoms with Gasteiger partial charge in [0.05, 0.1) is 18.5 Å². The number of likely N-dealkylation sites (tertiary alicyclic amines) is 1. The summed E-state index contributed by atoms with van der Waals surface area (Å²) in [5, 5.41) is 11.7. The molecule has 7 heteroatoms. The molecule has 2 aromatic heterocycles. The number of rotatable bonds is 6. The molecule has 2 atom stereocenters. The van der Waals surface area contributed by atoms with Gasteiger partial charge in [0.15, 0.2) is 11.5 Å². The van der Waals surface area contributed by atoms with Gasteiger partial charge in [-0.3, -0.25) is 14.0 Å². The fourth-order valence-corrected chi connectivity index (χ4v) is 4.48. The fourth-order valence-electron chi connectivity index (χ4n) is 4.48. The summed E-state index contributed by atoms with van der Waals surface area (Å²) in [6.07, 6.45) is 3.85. The first-order valence-corrected chi connectivity index (χ1v) is 11.2. The Morgan fingerprint density at radius 3 is 2.45 bits per heavy atom. The molecule has 2 aromatic carbocycles. The average Bonchev–Trinajstić information content (AvgIpc) is 3.51. The average molecular weight is 440 g/mol. The number of pyridine rings is 1. The molecule has 0 aliphatic carbocycles.